The van der Waals surface area contributed by atoms with Crippen molar-refractivity contribution in [2.75, 3.05) is 61.8 Å². The molecule has 3 N–H and O–H groups in total. The molecule has 2 saturated heterocycles. The summed E-state index contributed by atoms with van der Waals surface area (Å²) < 4.78 is 0. The zero-order valence-electron chi connectivity index (χ0n) is 21.6. The fourth-order valence-corrected chi connectivity index (χ4v) is 4.70. The molecule has 2 aromatic heterocycles. The molecule has 1 atom stereocenters. The molecular weight excluding hydrogens is 482 g/mol. The number of likely N-dealkylation sites (tertiary alicyclic amines) is 1. The normalized spacial score (nSPS) is 17.8. The van der Waals surface area contributed by atoms with Crippen molar-refractivity contribution in [1.29, 1.82) is 0 Å². The fourth-order valence-electron chi connectivity index (χ4n) is 4.70. The number of hydrogen-bond donors (Lipinski definition) is 3. The molecule has 2 aliphatic rings. The van der Waals surface area contributed by atoms with E-state index in [0.717, 1.165) is 31.9 Å². The molecule has 0 unspecified atom stereocenters. The summed E-state index contributed by atoms with van der Waals surface area (Å²) in [7, 11) is 2.14. The highest BCUT2D eigenvalue weighted by Gasteiger charge is 2.25. The van der Waals surface area contributed by atoms with Gasteiger partial charge in [0, 0.05) is 75.4 Å². The molecule has 3 amide bonds. The van der Waals surface area contributed by atoms with Crippen LogP contribution < -0.4 is 20.9 Å². The number of piperazine rings is 1. The second-order valence-electron chi connectivity index (χ2n) is 9.64. The number of carbonyl (C=O) groups is 2. The van der Waals surface area contributed by atoms with E-state index < -0.39 is 6.03 Å². The topological polar surface area (TPSA) is 119 Å². The van der Waals surface area contributed by atoms with Gasteiger partial charge in [-0.1, -0.05) is 5.92 Å². The minimum atomic E-state index is -0.414. The van der Waals surface area contributed by atoms with Gasteiger partial charge in [-0.3, -0.25) is 10.1 Å². The number of aromatic nitrogens is 3. The Labute approximate surface area is 221 Å². The van der Waals surface area contributed by atoms with E-state index in [0.29, 0.717) is 42.1 Å². The quantitative estimate of drug-likeness (QED) is 0.445. The molecule has 38 heavy (non-hydrogen) atoms. The number of fused-ring (bicyclic) bond motifs is 1. The maximum absolute atomic E-state index is 12.6. The van der Waals surface area contributed by atoms with Gasteiger partial charge in [0.25, 0.3) is 0 Å². The third-order valence-corrected chi connectivity index (χ3v) is 6.92. The van der Waals surface area contributed by atoms with Crippen molar-refractivity contribution in [2.45, 2.75) is 19.4 Å². The van der Waals surface area contributed by atoms with Crippen molar-refractivity contribution in [3.63, 3.8) is 0 Å². The molecule has 0 aliphatic carbocycles. The molecular formula is C27H31N9O2. The minimum absolute atomic E-state index is 0.000335. The monoisotopic (exact) mass is 513 g/mol. The van der Waals surface area contributed by atoms with E-state index in [4.69, 9.17) is 6.42 Å². The van der Waals surface area contributed by atoms with Crippen LogP contribution in [0.5, 0.6) is 0 Å². The summed E-state index contributed by atoms with van der Waals surface area (Å²) in [6, 6.07) is 9.26. The first kappa shape index (κ1) is 25.2. The van der Waals surface area contributed by atoms with Gasteiger partial charge in [-0.15, -0.1) is 6.42 Å². The molecule has 0 saturated carbocycles. The predicted octanol–water partition coefficient (Wildman–Crippen LogP) is 2.24. The van der Waals surface area contributed by atoms with Crippen LogP contribution in [0.15, 0.2) is 36.5 Å². The van der Waals surface area contributed by atoms with Crippen LogP contribution in [0.1, 0.15) is 18.9 Å². The third-order valence-electron chi connectivity index (χ3n) is 6.92. The first-order chi connectivity index (χ1) is 18.4. The summed E-state index contributed by atoms with van der Waals surface area (Å²) in [6.45, 7) is 6.75. The van der Waals surface area contributed by atoms with Gasteiger partial charge in [0.1, 0.15) is 5.82 Å². The van der Waals surface area contributed by atoms with E-state index in [1.165, 1.54) is 12.6 Å². The Bertz CT molecular complexity index is 1380. The van der Waals surface area contributed by atoms with E-state index in [-0.39, 0.29) is 17.8 Å². The zero-order valence-corrected chi connectivity index (χ0v) is 21.6. The Hall–Kier alpha value is -4.43. The van der Waals surface area contributed by atoms with Crippen LogP contribution in [0.4, 0.5) is 27.9 Å². The van der Waals surface area contributed by atoms with Gasteiger partial charge in [-0.25, -0.2) is 14.8 Å². The van der Waals surface area contributed by atoms with Gasteiger partial charge in [-0.05, 0) is 43.8 Å². The Morgan fingerprint density at radius 1 is 1.08 bits per heavy atom. The molecule has 0 radical (unpaired) electrons. The maximum atomic E-state index is 12.6. The summed E-state index contributed by atoms with van der Waals surface area (Å²) in [4.78, 5) is 44.0. The predicted molar refractivity (Wildman–Crippen MR) is 148 cm³/mol. The first-order valence-electron chi connectivity index (χ1n) is 12.7. The summed E-state index contributed by atoms with van der Waals surface area (Å²) in [5.41, 5.74) is 2.93. The molecule has 11 nitrogen and oxygen atoms in total. The van der Waals surface area contributed by atoms with Crippen LogP contribution in [-0.4, -0.2) is 89.0 Å². The molecule has 196 valence electrons. The van der Waals surface area contributed by atoms with Crippen molar-refractivity contribution in [2.24, 2.45) is 0 Å². The van der Waals surface area contributed by atoms with Crippen molar-refractivity contribution < 1.29 is 9.59 Å². The van der Waals surface area contributed by atoms with Gasteiger partial charge in [0.2, 0.25) is 11.9 Å². The van der Waals surface area contributed by atoms with E-state index >= 15 is 0 Å². The second kappa shape index (κ2) is 10.9. The minimum Gasteiger partial charge on any atom is -0.369 e. The van der Waals surface area contributed by atoms with Crippen LogP contribution in [0, 0.1) is 12.3 Å². The number of nitrogens with one attached hydrogen (secondary N) is 3. The number of amides is 3. The van der Waals surface area contributed by atoms with Gasteiger partial charge >= 0.3 is 6.03 Å². The third kappa shape index (κ3) is 5.76. The highest BCUT2D eigenvalue weighted by atomic mass is 16.2. The van der Waals surface area contributed by atoms with Crippen molar-refractivity contribution in [3.05, 3.63) is 42.1 Å². The second-order valence-corrected chi connectivity index (χ2v) is 9.64. The lowest BCUT2D eigenvalue weighted by Crippen LogP contribution is -2.44. The fraction of sp³-hybridized carbons (Fsp3) is 0.370. The number of nitrogens with zero attached hydrogens (tertiary/aromatic N) is 6. The van der Waals surface area contributed by atoms with Crippen molar-refractivity contribution in [1.82, 2.24) is 30.1 Å². The van der Waals surface area contributed by atoms with Gasteiger partial charge in [0.05, 0.1) is 5.39 Å². The van der Waals surface area contributed by atoms with E-state index in [1.54, 1.807) is 17.2 Å². The number of terminal acetylenes is 1. The zero-order chi connectivity index (χ0) is 26.6. The number of rotatable bonds is 5. The van der Waals surface area contributed by atoms with Crippen LogP contribution in [0.3, 0.4) is 0 Å². The lowest BCUT2D eigenvalue weighted by atomic mass is 10.2. The average molecular weight is 514 g/mol. The van der Waals surface area contributed by atoms with Gasteiger partial charge < -0.3 is 25.3 Å². The van der Waals surface area contributed by atoms with Crippen LogP contribution in [-0.2, 0) is 4.79 Å². The van der Waals surface area contributed by atoms with E-state index in [1.807, 2.05) is 12.1 Å². The number of anilines is 4. The van der Waals surface area contributed by atoms with Gasteiger partial charge in [-0.2, -0.15) is 4.98 Å². The molecule has 1 aromatic carbocycles. The lowest BCUT2D eigenvalue weighted by molar-refractivity contribution is -0.127. The Morgan fingerprint density at radius 3 is 2.53 bits per heavy atom. The molecule has 3 aromatic rings. The number of urea groups is 1. The van der Waals surface area contributed by atoms with E-state index in [9.17, 15) is 9.59 Å². The van der Waals surface area contributed by atoms with Crippen LogP contribution >= 0.6 is 0 Å². The molecule has 0 spiro atoms. The largest absolute Gasteiger partial charge is 0.369 e. The summed E-state index contributed by atoms with van der Waals surface area (Å²) >= 11 is 0. The number of likely N-dealkylation sites (N-methyl/N-ethyl adjacent to an activating group) is 1. The first-order valence-corrected chi connectivity index (χ1v) is 12.7. The molecule has 11 heteroatoms. The summed E-state index contributed by atoms with van der Waals surface area (Å²) in [6.07, 6.45) is 8.04. The summed E-state index contributed by atoms with van der Waals surface area (Å²) in [5.74, 6) is 3.28. The highest BCUT2D eigenvalue weighted by Crippen LogP contribution is 2.23. The molecule has 2 fully saturated rings. The van der Waals surface area contributed by atoms with Crippen molar-refractivity contribution in [3.8, 4) is 12.3 Å². The van der Waals surface area contributed by atoms with Gasteiger partial charge in [0.15, 0.2) is 5.65 Å². The van der Waals surface area contributed by atoms with Crippen molar-refractivity contribution >= 4 is 46.1 Å². The lowest BCUT2D eigenvalue weighted by Gasteiger charge is -2.34. The summed E-state index contributed by atoms with van der Waals surface area (Å²) in [5, 5.41) is 9.46. The average Bonchev–Trinajstić information content (AvgIpc) is 3.38. The molecule has 4 heterocycles. The van der Waals surface area contributed by atoms with Crippen LogP contribution in [0.2, 0.25) is 0 Å². The smallest absolute Gasteiger partial charge is 0.320 e. The number of carbonyl (C=O) groups excluding carboxylic acids is 2. The molecule has 5 rings (SSSR count). The molecule has 2 aliphatic heterocycles. The highest BCUT2D eigenvalue weighted by molar-refractivity contribution is 5.92. The number of pyridine rings is 1. The van der Waals surface area contributed by atoms with E-state index in [2.05, 4.69) is 65.8 Å². The Morgan fingerprint density at radius 2 is 1.84 bits per heavy atom. The Kier molecular flexibility index (Phi) is 7.24. The molecule has 0 bridgehead atoms. The SMILES string of the molecule is C#Cc1cc(NC(=O)N[C@@H]2CCN(C(C)=O)C2)nc2nc(Nc3ccc(N4CCN(C)CC4)cc3)ncc12. The van der Waals surface area contributed by atoms with Crippen LogP contribution in [0.25, 0.3) is 11.0 Å². The maximum Gasteiger partial charge on any atom is 0.320 e. The Balaban J connectivity index is 1.27. The number of hydrogen-bond acceptors (Lipinski definition) is 8. The number of benzene rings is 1. The standard InChI is InChI=1S/C27H31N9O2/c1-4-19-15-24(32-27(38)30-21-9-10-36(17-21)18(2)37)31-25-23(19)16-28-26(33-25)29-20-5-7-22(8-6-20)35-13-11-34(3)12-14-35/h1,5-8,15-16,21H,9-14,17H2,2-3H3,(H3,28,29,30,31,32,33,38)/t21-/m1/s1.